The number of hydrogen-bond donors (Lipinski definition) is 1. The predicted octanol–water partition coefficient (Wildman–Crippen LogP) is 2.00. The second kappa shape index (κ2) is 5.63. The van der Waals surface area contributed by atoms with Crippen LogP contribution in [0.4, 0.5) is 0 Å². The van der Waals surface area contributed by atoms with Gasteiger partial charge in [0, 0.05) is 11.1 Å². The van der Waals surface area contributed by atoms with Crippen LogP contribution in [0.25, 0.3) is 0 Å². The second-order valence-electron chi connectivity index (χ2n) is 3.21. The number of benzene rings is 1. The first kappa shape index (κ1) is 12.7. The Morgan fingerprint density at radius 3 is 2.60 bits per heavy atom. The van der Waals surface area contributed by atoms with Gasteiger partial charge in [0.1, 0.15) is 0 Å². The summed E-state index contributed by atoms with van der Waals surface area (Å²) >= 11 is 3.23. The number of rotatable bonds is 5. The smallest absolute Gasteiger partial charge is 0.178 e. The van der Waals surface area contributed by atoms with Crippen LogP contribution < -0.4 is 0 Å². The van der Waals surface area contributed by atoms with Crippen molar-refractivity contribution in [1.29, 1.82) is 0 Å². The number of sulfone groups is 1. The van der Waals surface area contributed by atoms with Gasteiger partial charge in [-0.2, -0.15) is 0 Å². The minimum Gasteiger partial charge on any atom is -0.396 e. The van der Waals surface area contributed by atoms with Crippen molar-refractivity contribution in [3.63, 3.8) is 0 Å². The largest absolute Gasteiger partial charge is 0.396 e. The molecule has 5 heteroatoms. The molecule has 1 rings (SSSR count). The zero-order valence-corrected chi connectivity index (χ0v) is 10.6. The van der Waals surface area contributed by atoms with Crippen molar-refractivity contribution in [1.82, 2.24) is 0 Å². The van der Waals surface area contributed by atoms with Crippen molar-refractivity contribution < 1.29 is 13.5 Å². The average Bonchev–Trinajstić information content (AvgIpc) is 2.18. The third kappa shape index (κ3) is 3.93. The lowest BCUT2D eigenvalue weighted by Crippen LogP contribution is -2.07. The summed E-state index contributed by atoms with van der Waals surface area (Å²) < 4.78 is 24.3. The number of hydrogen-bond acceptors (Lipinski definition) is 3. The van der Waals surface area contributed by atoms with Crippen molar-refractivity contribution in [2.45, 2.75) is 17.7 Å². The van der Waals surface area contributed by atoms with E-state index in [-0.39, 0.29) is 12.4 Å². The molecule has 15 heavy (non-hydrogen) atoms. The van der Waals surface area contributed by atoms with E-state index in [1.54, 1.807) is 24.3 Å². The van der Waals surface area contributed by atoms with E-state index in [0.29, 0.717) is 17.7 Å². The maximum Gasteiger partial charge on any atom is 0.178 e. The second-order valence-corrected chi connectivity index (χ2v) is 6.23. The molecule has 0 aliphatic carbocycles. The van der Waals surface area contributed by atoms with Gasteiger partial charge < -0.3 is 5.11 Å². The molecule has 1 aromatic rings. The van der Waals surface area contributed by atoms with E-state index in [1.807, 2.05) is 0 Å². The highest BCUT2D eigenvalue weighted by Gasteiger charge is 2.13. The Hall–Kier alpha value is -0.390. The molecule has 0 saturated carbocycles. The normalized spacial score (nSPS) is 11.6. The molecule has 1 N–H and O–H groups in total. The molecule has 0 bridgehead atoms. The third-order valence-corrected chi connectivity index (χ3v) is 4.27. The van der Waals surface area contributed by atoms with Gasteiger partial charge in [-0.1, -0.05) is 22.0 Å². The van der Waals surface area contributed by atoms with Crippen LogP contribution in [-0.4, -0.2) is 25.9 Å². The molecule has 0 unspecified atom stereocenters. The Morgan fingerprint density at radius 1 is 1.27 bits per heavy atom. The molecule has 0 radical (unpaired) electrons. The van der Waals surface area contributed by atoms with E-state index >= 15 is 0 Å². The lowest BCUT2D eigenvalue weighted by Gasteiger charge is -2.03. The first-order chi connectivity index (χ1) is 7.06. The summed E-state index contributed by atoms with van der Waals surface area (Å²) in [6, 6.07) is 6.66. The topological polar surface area (TPSA) is 54.4 Å². The first-order valence-corrected chi connectivity index (χ1v) is 7.10. The van der Waals surface area contributed by atoms with Crippen LogP contribution in [0.2, 0.25) is 0 Å². The summed E-state index contributed by atoms with van der Waals surface area (Å²) in [6.07, 6.45) is 1.01. The fraction of sp³-hybridized carbons (Fsp3) is 0.400. The Morgan fingerprint density at radius 2 is 2.00 bits per heavy atom. The number of unbranched alkanes of at least 4 members (excludes halogenated alkanes) is 1. The summed E-state index contributed by atoms with van der Waals surface area (Å²) in [7, 11) is -3.20. The van der Waals surface area contributed by atoms with Crippen molar-refractivity contribution in [3.05, 3.63) is 28.7 Å². The van der Waals surface area contributed by atoms with Gasteiger partial charge in [0.05, 0.1) is 10.6 Å². The number of halogens is 1. The van der Waals surface area contributed by atoms with Gasteiger partial charge in [0.2, 0.25) is 0 Å². The lowest BCUT2D eigenvalue weighted by molar-refractivity contribution is 0.287. The maximum atomic E-state index is 11.8. The first-order valence-electron chi connectivity index (χ1n) is 4.65. The quantitative estimate of drug-likeness (QED) is 0.845. The molecular weight excluding hydrogens is 280 g/mol. The molecule has 84 valence electrons. The molecule has 0 spiro atoms. The molecule has 3 nitrogen and oxygen atoms in total. The van der Waals surface area contributed by atoms with E-state index < -0.39 is 9.84 Å². The molecular formula is C10H13BrO3S. The van der Waals surface area contributed by atoms with Crippen molar-refractivity contribution >= 4 is 25.8 Å². The molecule has 0 atom stereocenters. The zero-order chi connectivity index (χ0) is 11.3. The molecule has 0 aromatic heterocycles. The molecule has 0 amide bonds. The maximum absolute atomic E-state index is 11.8. The molecule has 0 saturated heterocycles. The average molecular weight is 293 g/mol. The fourth-order valence-electron chi connectivity index (χ4n) is 1.18. The monoisotopic (exact) mass is 292 g/mol. The van der Waals surface area contributed by atoms with Gasteiger partial charge in [0.15, 0.2) is 9.84 Å². The van der Waals surface area contributed by atoms with Crippen LogP contribution in [0.5, 0.6) is 0 Å². The van der Waals surface area contributed by atoms with Crippen LogP contribution >= 0.6 is 15.9 Å². The zero-order valence-electron chi connectivity index (χ0n) is 8.19. The third-order valence-electron chi connectivity index (χ3n) is 1.98. The highest BCUT2D eigenvalue weighted by atomic mass is 79.9. The van der Waals surface area contributed by atoms with Crippen LogP contribution in [0, 0.1) is 0 Å². The highest BCUT2D eigenvalue weighted by Crippen LogP contribution is 2.17. The van der Waals surface area contributed by atoms with Gasteiger partial charge in [-0.05, 0) is 31.0 Å². The lowest BCUT2D eigenvalue weighted by atomic mass is 10.4. The summed E-state index contributed by atoms with van der Waals surface area (Å²) in [4.78, 5) is 0.329. The summed E-state index contributed by atoms with van der Waals surface area (Å²) in [5, 5.41) is 8.58. The van der Waals surface area contributed by atoms with E-state index in [1.165, 1.54) is 0 Å². The molecule has 0 fully saturated rings. The number of aliphatic hydroxyl groups excluding tert-OH is 1. The highest BCUT2D eigenvalue weighted by molar-refractivity contribution is 9.10. The molecule has 0 aliphatic rings. The molecule has 1 aromatic carbocycles. The molecule has 0 aliphatic heterocycles. The molecule has 0 heterocycles. The summed E-state index contributed by atoms with van der Waals surface area (Å²) in [5.74, 6) is 0.0873. The van der Waals surface area contributed by atoms with Crippen molar-refractivity contribution in [2.75, 3.05) is 12.4 Å². The van der Waals surface area contributed by atoms with Gasteiger partial charge in [-0.3, -0.25) is 0 Å². The Kier molecular flexibility index (Phi) is 4.76. The van der Waals surface area contributed by atoms with Gasteiger partial charge in [-0.25, -0.2) is 8.42 Å². The van der Waals surface area contributed by atoms with E-state index in [2.05, 4.69) is 15.9 Å². The Labute approximate surface area is 98.2 Å². The van der Waals surface area contributed by atoms with E-state index in [0.717, 1.165) is 4.47 Å². The standard InChI is InChI=1S/C10H13BrO3S/c11-9-4-3-5-10(8-9)15(13,14)7-2-1-6-12/h3-5,8,12H,1-2,6-7H2. The van der Waals surface area contributed by atoms with Crippen LogP contribution in [0.3, 0.4) is 0 Å². The van der Waals surface area contributed by atoms with Crippen LogP contribution in [-0.2, 0) is 9.84 Å². The minimum absolute atomic E-state index is 0.0357. The Bertz CT molecular complexity index is 414. The van der Waals surface area contributed by atoms with E-state index in [4.69, 9.17) is 5.11 Å². The predicted molar refractivity (Wildman–Crippen MR) is 62.5 cm³/mol. The number of aliphatic hydroxyl groups is 1. The minimum atomic E-state index is -3.20. The van der Waals surface area contributed by atoms with Gasteiger partial charge in [0.25, 0.3) is 0 Å². The SMILES string of the molecule is O=S(=O)(CCCCO)c1cccc(Br)c1. The fourth-order valence-corrected chi connectivity index (χ4v) is 3.15. The van der Waals surface area contributed by atoms with Crippen LogP contribution in [0.1, 0.15) is 12.8 Å². The summed E-state index contributed by atoms with van der Waals surface area (Å²) in [5.41, 5.74) is 0. The van der Waals surface area contributed by atoms with Gasteiger partial charge in [-0.15, -0.1) is 0 Å². The van der Waals surface area contributed by atoms with E-state index in [9.17, 15) is 8.42 Å². The summed E-state index contributed by atoms with van der Waals surface area (Å²) in [6.45, 7) is 0.0357. The van der Waals surface area contributed by atoms with Crippen molar-refractivity contribution in [2.24, 2.45) is 0 Å². The van der Waals surface area contributed by atoms with Crippen LogP contribution in [0.15, 0.2) is 33.6 Å². The Balaban J connectivity index is 2.77. The van der Waals surface area contributed by atoms with Crippen molar-refractivity contribution in [3.8, 4) is 0 Å². The van der Waals surface area contributed by atoms with Gasteiger partial charge >= 0.3 is 0 Å².